The summed E-state index contributed by atoms with van der Waals surface area (Å²) in [6.45, 7) is 3.59. The second-order valence-corrected chi connectivity index (χ2v) is 5.36. The molecule has 1 heterocycles. The van der Waals surface area contributed by atoms with Gasteiger partial charge < -0.3 is 0 Å². The van der Waals surface area contributed by atoms with E-state index >= 15 is 0 Å². The van der Waals surface area contributed by atoms with Crippen molar-refractivity contribution in [2.24, 2.45) is 0 Å². The molecule has 1 aromatic carbocycles. The molecule has 0 bridgehead atoms. The van der Waals surface area contributed by atoms with Gasteiger partial charge in [-0.25, -0.2) is 4.68 Å². The number of rotatable bonds is 3. The third kappa shape index (κ3) is 3.31. The third-order valence-electron chi connectivity index (χ3n) is 2.75. The molecule has 4 nitrogen and oxygen atoms in total. The molecule has 0 aliphatic heterocycles. The van der Waals surface area contributed by atoms with Crippen LogP contribution in [-0.2, 0) is 6.18 Å². The van der Waals surface area contributed by atoms with Crippen molar-refractivity contribution in [3.8, 4) is 0 Å². The van der Waals surface area contributed by atoms with Gasteiger partial charge in [0.2, 0.25) is 16.3 Å². The molecule has 0 N–H and O–H groups in total. The Morgan fingerprint density at radius 3 is 2.57 bits per heavy atom. The highest BCUT2D eigenvalue weighted by Crippen LogP contribution is 2.30. The van der Waals surface area contributed by atoms with Gasteiger partial charge in [0.1, 0.15) is 0 Å². The van der Waals surface area contributed by atoms with Crippen LogP contribution >= 0.6 is 15.9 Å². The lowest BCUT2D eigenvalue weighted by Gasteiger charge is -2.10. The van der Waals surface area contributed by atoms with E-state index in [2.05, 4.69) is 26.0 Å². The number of hydrogen-bond donors (Lipinski definition) is 0. The predicted octanol–water partition coefficient (Wildman–Crippen LogP) is 3.87. The Labute approximate surface area is 127 Å². The predicted molar refractivity (Wildman–Crippen MR) is 73.0 cm³/mol. The third-order valence-corrected chi connectivity index (χ3v) is 3.09. The molecule has 21 heavy (non-hydrogen) atoms. The molecule has 0 aliphatic carbocycles. The molecule has 0 radical (unpaired) electrons. The largest absolute Gasteiger partial charge is 0.416 e. The van der Waals surface area contributed by atoms with E-state index in [-0.39, 0.29) is 22.2 Å². The molecule has 2 rings (SSSR count). The number of hydrogen-bond acceptors (Lipinski definition) is 3. The maximum atomic E-state index is 12.7. The van der Waals surface area contributed by atoms with Crippen LogP contribution in [0.1, 0.15) is 41.6 Å². The highest BCUT2D eigenvalue weighted by Gasteiger charge is 2.31. The normalized spacial score (nSPS) is 12.0. The molecule has 0 amide bonds. The summed E-state index contributed by atoms with van der Waals surface area (Å²) in [6, 6.07) is 4.11. The van der Waals surface area contributed by atoms with Gasteiger partial charge in [-0.15, -0.1) is 5.10 Å². The molecule has 0 spiro atoms. The van der Waals surface area contributed by atoms with Crippen LogP contribution in [0.25, 0.3) is 0 Å². The Morgan fingerprint density at radius 1 is 1.33 bits per heavy atom. The van der Waals surface area contributed by atoms with Crippen LogP contribution in [0.15, 0.2) is 29.0 Å². The van der Waals surface area contributed by atoms with Crippen molar-refractivity contribution < 1.29 is 18.0 Å². The van der Waals surface area contributed by atoms with Gasteiger partial charge in [-0.2, -0.15) is 18.2 Å². The Hall–Kier alpha value is -1.70. The van der Waals surface area contributed by atoms with Crippen LogP contribution in [0.5, 0.6) is 0 Å². The molecule has 1 aromatic heterocycles. The van der Waals surface area contributed by atoms with Crippen molar-refractivity contribution in [1.29, 1.82) is 0 Å². The van der Waals surface area contributed by atoms with Gasteiger partial charge in [-0.1, -0.05) is 12.1 Å². The van der Waals surface area contributed by atoms with Gasteiger partial charge in [0.25, 0.3) is 0 Å². The van der Waals surface area contributed by atoms with Gasteiger partial charge in [0.05, 0.1) is 5.56 Å². The highest BCUT2D eigenvalue weighted by atomic mass is 79.9. The minimum atomic E-state index is -4.50. The number of benzene rings is 1. The molecule has 0 aliphatic rings. The summed E-state index contributed by atoms with van der Waals surface area (Å²) in [5.74, 6) is -0.607. The van der Waals surface area contributed by atoms with Crippen LogP contribution in [0.3, 0.4) is 0 Å². The van der Waals surface area contributed by atoms with Crippen LogP contribution in [0.4, 0.5) is 13.2 Å². The average molecular weight is 362 g/mol. The van der Waals surface area contributed by atoms with Gasteiger partial charge in [-0.05, 0) is 41.9 Å². The first-order valence-corrected chi connectivity index (χ1v) is 6.83. The summed E-state index contributed by atoms with van der Waals surface area (Å²) in [6.07, 6.45) is -4.50. The second-order valence-electron chi connectivity index (χ2n) is 4.65. The molecule has 0 saturated heterocycles. The molecular weight excluding hydrogens is 351 g/mol. The van der Waals surface area contributed by atoms with Crippen molar-refractivity contribution in [3.63, 3.8) is 0 Å². The molecule has 0 atom stereocenters. The molecule has 8 heteroatoms. The van der Waals surface area contributed by atoms with Crippen molar-refractivity contribution in [2.45, 2.75) is 26.1 Å². The molecule has 0 saturated carbocycles. The van der Waals surface area contributed by atoms with E-state index < -0.39 is 17.5 Å². The molecular formula is C13H11BrF3N3O. The molecule has 112 valence electrons. The Kier molecular flexibility index (Phi) is 4.18. The number of nitrogens with zero attached hydrogens (tertiary/aromatic N) is 3. The average Bonchev–Trinajstić information content (AvgIpc) is 2.79. The quantitative estimate of drug-likeness (QED) is 0.779. The number of aromatic nitrogens is 3. The SMILES string of the molecule is CC(C)n1nc(Br)nc1C(=O)c1cccc(C(F)(F)F)c1. The molecule has 2 aromatic rings. The van der Waals surface area contributed by atoms with E-state index in [1.54, 1.807) is 13.8 Å². The van der Waals surface area contributed by atoms with Crippen molar-refractivity contribution in [2.75, 3.05) is 0 Å². The van der Waals surface area contributed by atoms with E-state index in [9.17, 15) is 18.0 Å². The van der Waals surface area contributed by atoms with E-state index in [4.69, 9.17) is 0 Å². The van der Waals surface area contributed by atoms with E-state index in [0.717, 1.165) is 12.1 Å². The number of alkyl halides is 3. The second kappa shape index (κ2) is 5.59. The summed E-state index contributed by atoms with van der Waals surface area (Å²) in [4.78, 5) is 16.3. The zero-order valence-corrected chi connectivity index (χ0v) is 12.7. The maximum absolute atomic E-state index is 12.7. The fraction of sp³-hybridized carbons (Fsp3) is 0.308. The lowest BCUT2D eigenvalue weighted by Crippen LogP contribution is -2.15. The zero-order valence-electron chi connectivity index (χ0n) is 11.1. The summed E-state index contributed by atoms with van der Waals surface area (Å²) in [7, 11) is 0. The van der Waals surface area contributed by atoms with Crippen molar-refractivity contribution in [1.82, 2.24) is 14.8 Å². The van der Waals surface area contributed by atoms with Gasteiger partial charge in [0.15, 0.2) is 0 Å². The zero-order chi connectivity index (χ0) is 15.8. The summed E-state index contributed by atoms with van der Waals surface area (Å²) >= 11 is 3.06. The number of halogens is 4. The van der Waals surface area contributed by atoms with Crippen LogP contribution in [-0.4, -0.2) is 20.5 Å². The van der Waals surface area contributed by atoms with E-state index in [1.165, 1.54) is 16.8 Å². The minimum absolute atomic E-state index is 0.00352. The van der Waals surface area contributed by atoms with E-state index in [0.29, 0.717) is 0 Å². The van der Waals surface area contributed by atoms with Crippen LogP contribution < -0.4 is 0 Å². The fourth-order valence-corrected chi connectivity index (χ4v) is 2.12. The Bertz CT molecular complexity index is 680. The van der Waals surface area contributed by atoms with Gasteiger partial charge >= 0.3 is 6.18 Å². The molecule has 0 fully saturated rings. The summed E-state index contributed by atoms with van der Waals surface area (Å²) < 4.78 is 39.7. The number of ketones is 1. The first kappa shape index (κ1) is 15.7. The summed E-state index contributed by atoms with van der Waals surface area (Å²) in [5.41, 5.74) is -0.949. The minimum Gasteiger partial charge on any atom is -0.285 e. The fourth-order valence-electron chi connectivity index (χ4n) is 1.78. The van der Waals surface area contributed by atoms with Gasteiger partial charge in [0, 0.05) is 11.6 Å². The van der Waals surface area contributed by atoms with Crippen LogP contribution in [0, 0.1) is 0 Å². The monoisotopic (exact) mass is 361 g/mol. The number of carbonyl (C=O) groups is 1. The first-order chi connectivity index (χ1) is 9.70. The lowest BCUT2D eigenvalue weighted by atomic mass is 10.1. The Morgan fingerprint density at radius 2 is 2.00 bits per heavy atom. The highest BCUT2D eigenvalue weighted by molar-refractivity contribution is 9.10. The number of carbonyl (C=O) groups excluding carboxylic acids is 1. The standard InChI is InChI=1S/C13H11BrF3N3O/c1-7(2)20-11(18-12(14)19-20)10(21)8-4-3-5-9(6-8)13(15,16)17/h3-7H,1-2H3. The first-order valence-electron chi connectivity index (χ1n) is 6.04. The summed E-state index contributed by atoms with van der Waals surface area (Å²) in [5, 5.41) is 4.01. The maximum Gasteiger partial charge on any atom is 0.416 e. The molecule has 0 unspecified atom stereocenters. The van der Waals surface area contributed by atoms with Crippen molar-refractivity contribution in [3.05, 3.63) is 46.0 Å². The Balaban J connectivity index is 2.46. The van der Waals surface area contributed by atoms with Crippen LogP contribution in [0.2, 0.25) is 0 Å². The van der Waals surface area contributed by atoms with Crippen molar-refractivity contribution >= 4 is 21.7 Å². The topological polar surface area (TPSA) is 47.8 Å². The van der Waals surface area contributed by atoms with E-state index in [1.807, 2.05) is 0 Å². The lowest BCUT2D eigenvalue weighted by molar-refractivity contribution is -0.137. The smallest absolute Gasteiger partial charge is 0.285 e. The van der Waals surface area contributed by atoms with Gasteiger partial charge in [-0.3, -0.25) is 4.79 Å².